The molecule has 0 amide bonds. The fourth-order valence-corrected chi connectivity index (χ4v) is 6.00. The minimum atomic E-state index is -3.51. The van der Waals surface area contributed by atoms with E-state index < -0.39 is 32.9 Å². The Kier molecular flexibility index (Phi) is 9.11. The molecule has 0 atom stereocenters. The summed E-state index contributed by atoms with van der Waals surface area (Å²) in [7, 11) is -3.51. The SMILES string of the molecule is CCCS(=O)(=O)Cc1ccc(F)c(-n2cc(-c3cccc(N4CCN(CCOC(C)C)CC4)c3)nn2)c1F. The molecule has 1 aromatic heterocycles. The van der Waals surface area contributed by atoms with Gasteiger partial charge in [0.15, 0.2) is 21.5 Å². The van der Waals surface area contributed by atoms with E-state index in [4.69, 9.17) is 4.74 Å². The summed E-state index contributed by atoms with van der Waals surface area (Å²) in [5.41, 5.74) is 1.73. The first kappa shape index (κ1) is 28.1. The van der Waals surface area contributed by atoms with Gasteiger partial charge in [0.1, 0.15) is 11.4 Å². The third kappa shape index (κ3) is 6.95. The van der Waals surface area contributed by atoms with Crippen molar-refractivity contribution in [1.29, 1.82) is 0 Å². The molecule has 38 heavy (non-hydrogen) atoms. The summed E-state index contributed by atoms with van der Waals surface area (Å²) < 4.78 is 61.0. The van der Waals surface area contributed by atoms with E-state index in [1.807, 2.05) is 38.1 Å². The zero-order valence-electron chi connectivity index (χ0n) is 22.1. The van der Waals surface area contributed by atoms with Crippen LogP contribution < -0.4 is 4.90 Å². The maximum absolute atomic E-state index is 15.2. The molecule has 0 radical (unpaired) electrons. The van der Waals surface area contributed by atoms with E-state index in [0.29, 0.717) is 12.1 Å². The van der Waals surface area contributed by atoms with Crippen molar-refractivity contribution in [3.05, 3.63) is 59.8 Å². The highest BCUT2D eigenvalue weighted by Crippen LogP contribution is 2.27. The number of rotatable bonds is 11. The minimum absolute atomic E-state index is 0.0649. The fourth-order valence-electron chi connectivity index (χ4n) is 4.54. The molecule has 2 aromatic carbocycles. The highest BCUT2D eigenvalue weighted by molar-refractivity contribution is 7.90. The van der Waals surface area contributed by atoms with Crippen molar-refractivity contribution in [3.63, 3.8) is 0 Å². The quantitative estimate of drug-likeness (QED) is 0.358. The first-order valence-corrected chi connectivity index (χ1v) is 14.8. The third-order valence-corrected chi connectivity index (χ3v) is 8.28. The molecule has 11 heteroatoms. The monoisotopic (exact) mass is 547 g/mol. The van der Waals surface area contributed by atoms with Gasteiger partial charge in [-0.2, -0.15) is 0 Å². The molecule has 3 aromatic rings. The second-order valence-corrected chi connectivity index (χ2v) is 12.0. The summed E-state index contributed by atoms with van der Waals surface area (Å²) in [6.45, 7) is 11.1. The van der Waals surface area contributed by atoms with Gasteiger partial charge in [-0.3, -0.25) is 4.90 Å². The second-order valence-electron chi connectivity index (χ2n) is 9.81. The van der Waals surface area contributed by atoms with Crippen LogP contribution in [0.3, 0.4) is 0 Å². The van der Waals surface area contributed by atoms with E-state index in [9.17, 15) is 12.8 Å². The number of ether oxygens (including phenoxy) is 1. The number of sulfone groups is 1. The van der Waals surface area contributed by atoms with Crippen LogP contribution in [0.4, 0.5) is 14.5 Å². The van der Waals surface area contributed by atoms with E-state index >= 15 is 4.39 Å². The number of benzene rings is 2. The molecule has 0 unspecified atom stereocenters. The van der Waals surface area contributed by atoms with Gasteiger partial charge in [-0.05, 0) is 38.5 Å². The first-order chi connectivity index (χ1) is 18.2. The summed E-state index contributed by atoms with van der Waals surface area (Å²) in [6.07, 6.45) is 2.11. The number of hydrogen-bond acceptors (Lipinski definition) is 7. The van der Waals surface area contributed by atoms with Crippen molar-refractivity contribution in [1.82, 2.24) is 19.9 Å². The molecule has 1 aliphatic heterocycles. The van der Waals surface area contributed by atoms with Crippen LogP contribution in [0.25, 0.3) is 16.9 Å². The average molecular weight is 548 g/mol. The van der Waals surface area contributed by atoms with Crippen LogP contribution in [0.5, 0.6) is 0 Å². The van der Waals surface area contributed by atoms with E-state index in [1.165, 1.54) is 12.3 Å². The smallest absolute Gasteiger partial charge is 0.156 e. The van der Waals surface area contributed by atoms with Gasteiger partial charge in [0.2, 0.25) is 0 Å². The molecule has 0 spiro atoms. The Hall–Kier alpha value is -2.89. The Morgan fingerprint density at radius 2 is 1.84 bits per heavy atom. The summed E-state index contributed by atoms with van der Waals surface area (Å²) in [5, 5.41) is 8.10. The molecule has 4 rings (SSSR count). The molecule has 1 saturated heterocycles. The minimum Gasteiger partial charge on any atom is -0.377 e. The van der Waals surface area contributed by atoms with Gasteiger partial charge >= 0.3 is 0 Å². The number of nitrogens with zero attached hydrogens (tertiary/aromatic N) is 5. The normalized spacial score (nSPS) is 14.9. The third-order valence-electron chi connectivity index (χ3n) is 6.50. The standard InChI is InChI=1S/C27H35F2N5O3S/c1-4-16-38(35,36)19-22-8-9-24(28)27(26(22)29)34-18-25(30-31-34)21-6-5-7-23(17-21)33-12-10-32(11-13-33)14-15-37-20(2)3/h5-9,17-18,20H,4,10-16,19H2,1-3H3. The molecule has 206 valence electrons. The highest BCUT2D eigenvalue weighted by atomic mass is 32.2. The predicted molar refractivity (Wildman–Crippen MR) is 144 cm³/mol. The number of aromatic nitrogens is 3. The van der Waals surface area contributed by atoms with E-state index in [2.05, 4.69) is 20.1 Å². The lowest BCUT2D eigenvalue weighted by atomic mass is 10.1. The van der Waals surface area contributed by atoms with Crippen molar-refractivity contribution in [2.24, 2.45) is 0 Å². The number of anilines is 1. The molecule has 1 fully saturated rings. The molecule has 0 bridgehead atoms. The van der Waals surface area contributed by atoms with Crippen LogP contribution >= 0.6 is 0 Å². The number of halogens is 2. The topological polar surface area (TPSA) is 80.6 Å². The van der Waals surface area contributed by atoms with Gasteiger partial charge in [-0.25, -0.2) is 21.9 Å². The first-order valence-electron chi connectivity index (χ1n) is 13.0. The summed E-state index contributed by atoms with van der Waals surface area (Å²) in [5.74, 6) is -2.36. The maximum Gasteiger partial charge on any atom is 0.156 e. The molecular formula is C27H35F2N5O3S. The van der Waals surface area contributed by atoms with Crippen LogP contribution in [0.2, 0.25) is 0 Å². The van der Waals surface area contributed by atoms with Gasteiger partial charge in [0, 0.05) is 49.5 Å². The van der Waals surface area contributed by atoms with Gasteiger partial charge in [-0.15, -0.1) is 5.10 Å². The van der Waals surface area contributed by atoms with Crippen LogP contribution in [-0.2, 0) is 20.3 Å². The van der Waals surface area contributed by atoms with Gasteiger partial charge < -0.3 is 9.64 Å². The van der Waals surface area contributed by atoms with Crippen LogP contribution in [0.1, 0.15) is 32.8 Å². The Bertz CT molecular complexity index is 1340. The lowest BCUT2D eigenvalue weighted by Crippen LogP contribution is -2.47. The molecule has 0 N–H and O–H groups in total. The summed E-state index contributed by atoms with van der Waals surface area (Å²) in [4.78, 5) is 4.69. The van der Waals surface area contributed by atoms with Crippen LogP contribution in [-0.4, -0.2) is 79.5 Å². The largest absolute Gasteiger partial charge is 0.377 e. The highest BCUT2D eigenvalue weighted by Gasteiger charge is 2.22. The fraction of sp³-hybridized carbons (Fsp3) is 0.481. The van der Waals surface area contributed by atoms with Crippen LogP contribution in [0.15, 0.2) is 42.6 Å². The zero-order chi connectivity index (χ0) is 27.3. The molecule has 0 saturated carbocycles. The Morgan fingerprint density at radius 3 is 2.55 bits per heavy atom. The number of piperazine rings is 1. The van der Waals surface area contributed by atoms with Crippen molar-refractivity contribution in [2.75, 3.05) is 50.0 Å². The van der Waals surface area contributed by atoms with Gasteiger partial charge in [-0.1, -0.05) is 30.3 Å². The average Bonchev–Trinajstić information content (AvgIpc) is 3.36. The zero-order valence-corrected chi connectivity index (χ0v) is 22.9. The summed E-state index contributed by atoms with van der Waals surface area (Å²) >= 11 is 0. The van der Waals surface area contributed by atoms with Crippen molar-refractivity contribution in [2.45, 2.75) is 39.0 Å². The molecule has 1 aliphatic rings. The Morgan fingerprint density at radius 1 is 1.08 bits per heavy atom. The van der Waals surface area contributed by atoms with Gasteiger partial charge in [0.05, 0.1) is 30.4 Å². The van der Waals surface area contributed by atoms with E-state index in [1.54, 1.807) is 6.92 Å². The summed E-state index contributed by atoms with van der Waals surface area (Å²) in [6, 6.07) is 10.0. The predicted octanol–water partition coefficient (Wildman–Crippen LogP) is 4.08. The number of hydrogen-bond donors (Lipinski definition) is 0. The molecule has 2 heterocycles. The lowest BCUT2D eigenvalue weighted by Gasteiger charge is -2.36. The second kappa shape index (κ2) is 12.3. The van der Waals surface area contributed by atoms with Crippen molar-refractivity contribution < 1.29 is 21.9 Å². The van der Waals surface area contributed by atoms with Crippen molar-refractivity contribution >= 4 is 15.5 Å². The maximum atomic E-state index is 15.2. The Balaban J connectivity index is 1.49. The lowest BCUT2D eigenvalue weighted by molar-refractivity contribution is 0.0579. The van der Waals surface area contributed by atoms with Crippen molar-refractivity contribution in [3.8, 4) is 16.9 Å². The van der Waals surface area contributed by atoms with E-state index in [-0.39, 0.29) is 17.4 Å². The molecule has 8 nitrogen and oxygen atoms in total. The molecular weight excluding hydrogens is 512 g/mol. The van der Waals surface area contributed by atoms with Gasteiger partial charge in [0.25, 0.3) is 0 Å². The van der Waals surface area contributed by atoms with Crippen LogP contribution in [0, 0.1) is 11.6 Å². The Labute approximate surface area is 223 Å². The molecule has 0 aliphatic carbocycles. The van der Waals surface area contributed by atoms with E-state index in [0.717, 1.165) is 61.3 Å².